The molecular formula is C17H26N2O2. The van der Waals surface area contributed by atoms with Gasteiger partial charge in [0.15, 0.2) is 0 Å². The van der Waals surface area contributed by atoms with Gasteiger partial charge in [-0.3, -0.25) is 10.1 Å². The number of hydrogen-bond acceptors (Lipinski definition) is 2. The predicted octanol–water partition coefficient (Wildman–Crippen LogP) is 2.92. The number of carbonyl (C=O) groups excluding carboxylic acids is 2. The Kier molecular flexibility index (Phi) is 2.47. The molecule has 5 rings (SSSR count). The van der Waals surface area contributed by atoms with Crippen molar-refractivity contribution in [2.24, 2.45) is 22.7 Å². The SMILES string of the molecule is CC1CN(C23CC4CC(C)(CC(C)(C4)C2)C3)C(=O)NC1=O. The van der Waals surface area contributed by atoms with Crippen molar-refractivity contribution in [2.75, 3.05) is 6.54 Å². The first-order valence-corrected chi connectivity index (χ1v) is 8.35. The van der Waals surface area contributed by atoms with Crippen molar-refractivity contribution in [3.8, 4) is 0 Å². The number of nitrogens with zero attached hydrogens (tertiary/aromatic N) is 1. The molecule has 21 heavy (non-hydrogen) atoms. The third kappa shape index (κ3) is 1.87. The fraction of sp³-hybridized carbons (Fsp3) is 0.882. The summed E-state index contributed by atoms with van der Waals surface area (Å²) in [5.41, 5.74) is 0.778. The number of imide groups is 1. The average Bonchev–Trinajstić information content (AvgIpc) is 2.28. The maximum atomic E-state index is 12.5. The maximum absolute atomic E-state index is 12.5. The van der Waals surface area contributed by atoms with E-state index in [1.165, 1.54) is 19.3 Å². The summed E-state index contributed by atoms with van der Waals surface area (Å²) in [7, 11) is 0. The summed E-state index contributed by atoms with van der Waals surface area (Å²) < 4.78 is 0. The lowest BCUT2D eigenvalue weighted by atomic mass is 9.42. The number of nitrogens with one attached hydrogen (secondary N) is 1. The van der Waals surface area contributed by atoms with Gasteiger partial charge >= 0.3 is 6.03 Å². The number of hydrogen-bond donors (Lipinski definition) is 1. The van der Waals surface area contributed by atoms with Crippen molar-refractivity contribution in [1.82, 2.24) is 10.2 Å². The molecule has 4 heteroatoms. The van der Waals surface area contributed by atoms with E-state index in [0.29, 0.717) is 17.4 Å². The summed E-state index contributed by atoms with van der Waals surface area (Å²) >= 11 is 0. The second-order valence-electron chi connectivity index (χ2n) is 9.16. The number of amides is 3. The molecule has 0 aromatic carbocycles. The van der Waals surface area contributed by atoms with Crippen LogP contribution in [0.15, 0.2) is 0 Å². The first kappa shape index (κ1) is 13.6. The standard InChI is InChI=1S/C17H26N2O2/c1-11-7-19(14(21)18-13(11)20)17-6-12-4-15(2,9-17)8-16(3,5-12)10-17/h11-12H,4-10H2,1-3H3,(H,18,20,21). The van der Waals surface area contributed by atoms with Crippen molar-refractivity contribution >= 4 is 11.9 Å². The molecule has 0 aromatic heterocycles. The number of rotatable bonds is 1. The summed E-state index contributed by atoms with van der Waals surface area (Å²) in [6, 6.07) is -0.146. The quantitative estimate of drug-likeness (QED) is 0.807. The molecule has 1 N–H and O–H groups in total. The van der Waals surface area contributed by atoms with E-state index < -0.39 is 0 Å². The van der Waals surface area contributed by atoms with E-state index in [2.05, 4.69) is 19.2 Å². The van der Waals surface area contributed by atoms with Gasteiger partial charge in [0.2, 0.25) is 5.91 Å². The van der Waals surface area contributed by atoms with E-state index in [1.54, 1.807) is 0 Å². The van der Waals surface area contributed by atoms with E-state index >= 15 is 0 Å². The first-order valence-electron chi connectivity index (χ1n) is 8.35. The lowest BCUT2D eigenvalue weighted by molar-refractivity contribution is -0.156. The molecule has 3 amide bonds. The summed E-state index contributed by atoms with van der Waals surface area (Å²) in [5.74, 6) is 0.562. The summed E-state index contributed by atoms with van der Waals surface area (Å²) in [4.78, 5) is 26.3. The zero-order chi connectivity index (χ0) is 15.0. The van der Waals surface area contributed by atoms with Crippen molar-refractivity contribution in [2.45, 2.75) is 64.8 Å². The average molecular weight is 290 g/mol. The zero-order valence-electron chi connectivity index (χ0n) is 13.4. The molecule has 1 saturated heterocycles. The minimum atomic E-state index is -0.146. The molecule has 3 atom stereocenters. The van der Waals surface area contributed by atoms with Gasteiger partial charge in [0.25, 0.3) is 0 Å². The van der Waals surface area contributed by atoms with E-state index in [9.17, 15) is 9.59 Å². The van der Waals surface area contributed by atoms with Crippen LogP contribution in [0.25, 0.3) is 0 Å². The lowest BCUT2D eigenvalue weighted by Crippen LogP contribution is -2.70. The highest BCUT2D eigenvalue weighted by Crippen LogP contribution is 2.67. The van der Waals surface area contributed by atoms with Gasteiger partial charge in [0, 0.05) is 12.1 Å². The summed E-state index contributed by atoms with van der Waals surface area (Å²) in [6.07, 6.45) is 7.36. The van der Waals surface area contributed by atoms with Crippen LogP contribution in [-0.4, -0.2) is 28.9 Å². The molecule has 4 bridgehead atoms. The number of carbonyl (C=O) groups is 2. The van der Waals surface area contributed by atoms with Gasteiger partial charge < -0.3 is 4.90 Å². The van der Waals surface area contributed by atoms with Crippen LogP contribution < -0.4 is 5.32 Å². The Bertz CT molecular complexity index is 511. The largest absolute Gasteiger partial charge is 0.324 e. The van der Waals surface area contributed by atoms with Gasteiger partial charge in [-0.1, -0.05) is 20.8 Å². The Morgan fingerprint density at radius 1 is 1.05 bits per heavy atom. The van der Waals surface area contributed by atoms with Crippen LogP contribution in [0, 0.1) is 22.7 Å². The Morgan fingerprint density at radius 2 is 1.67 bits per heavy atom. The van der Waals surface area contributed by atoms with Crippen molar-refractivity contribution in [3.63, 3.8) is 0 Å². The summed E-state index contributed by atoms with van der Waals surface area (Å²) in [5, 5.41) is 2.58. The van der Waals surface area contributed by atoms with Crippen LogP contribution in [0.4, 0.5) is 4.79 Å². The molecule has 0 spiro atoms. The fourth-order valence-corrected chi connectivity index (χ4v) is 6.83. The van der Waals surface area contributed by atoms with Gasteiger partial charge in [0.05, 0.1) is 5.92 Å². The smallest absolute Gasteiger partial charge is 0.318 e. The summed E-state index contributed by atoms with van der Waals surface area (Å²) in [6.45, 7) is 7.37. The second kappa shape index (κ2) is 3.82. The van der Waals surface area contributed by atoms with Crippen LogP contribution in [-0.2, 0) is 4.79 Å². The molecule has 4 nitrogen and oxygen atoms in total. The van der Waals surface area contributed by atoms with Gasteiger partial charge in [-0.05, 0) is 55.3 Å². The Hall–Kier alpha value is -1.06. The van der Waals surface area contributed by atoms with E-state index in [0.717, 1.165) is 25.2 Å². The highest BCUT2D eigenvalue weighted by Gasteiger charge is 2.63. The monoisotopic (exact) mass is 290 g/mol. The third-order valence-corrected chi connectivity index (χ3v) is 6.55. The highest BCUT2D eigenvalue weighted by molar-refractivity contribution is 5.98. The molecule has 4 aliphatic carbocycles. The van der Waals surface area contributed by atoms with E-state index in [1.807, 2.05) is 11.8 Å². The van der Waals surface area contributed by atoms with Crippen molar-refractivity contribution < 1.29 is 9.59 Å². The van der Waals surface area contributed by atoms with E-state index in [4.69, 9.17) is 0 Å². The predicted molar refractivity (Wildman–Crippen MR) is 79.5 cm³/mol. The molecule has 4 saturated carbocycles. The normalized spacial score (nSPS) is 52.2. The molecule has 1 heterocycles. The molecule has 5 fully saturated rings. The van der Waals surface area contributed by atoms with Gasteiger partial charge in [-0.2, -0.15) is 0 Å². The molecule has 0 radical (unpaired) electrons. The molecule has 0 aromatic rings. The Balaban J connectivity index is 1.71. The topological polar surface area (TPSA) is 49.4 Å². The minimum Gasteiger partial charge on any atom is -0.318 e. The Morgan fingerprint density at radius 3 is 2.24 bits per heavy atom. The van der Waals surface area contributed by atoms with Crippen molar-refractivity contribution in [1.29, 1.82) is 0 Å². The molecule has 3 unspecified atom stereocenters. The molecule has 116 valence electrons. The van der Waals surface area contributed by atoms with Crippen LogP contribution >= 0.6 is 0 Å². The first-order chi connectivity index (χ1) is 9.73. The van der Waals surface area contributed by atoms with Gasteiger partial charge in [-0.15, -0.1) is 0 Å². The molecular weight excluding hydrogens is 264 g/mol. The Labute approximate surface area is 126 Å². The van der Waals surface area contributed by atoms with Crippen LogP contribution in [0.3, 0.4) is 0 Å². The zero-order valence-corrected chi connectivity index (χ0v) is 13.4. The van der Waals surface area contributed by atoms with Crippen LogP contribution in [0.5, 0.6) is 0 Å². The molecule has 1 aliphatic heterocycles. The number of urea groups is 1. The van der Waals surface area contributed by atoms with Crippen LogP contribution in [0.2, 0.25) is 0 Å². The molecule has 5 aliphatic rings. The second-order valence-corrected chi connectivity index (χ2v) is 9.16. The third-order valence-electron chi connectivity index (χ3n) is 6.55. The minimum absolute atomic E-state index is 0.00194. The lowest BCUT2D eigenvalue weighted by Gasteiger charge is -2.68. The van der Waals surface area contributed by atoms with E-state index in [-0.39, 0.29) is 23.4 Å². The van der Waals surface area contributed by atoms with Gasteiger partial charge in [0.1, 0.15) is 0 Å². The van der Waals surface area contributed by atoms with Crippen molar-refractivity contribution in [3.05, 3.63) is 0 Å². The highest BCUT2D eigenvalue weighted by atomic mass is 16.2. The van der Waals surface area contributed by atoms with Gasteiger partial charge in [-0.25, -0.2) is 4.79 Å². The van der Waals surface area contributed by atoms with Crippen LogP contribution in [0.1, 0.15) is 59.3 Å². The fourth-order valence-electron chi connectivity index (χ4n) is 6.83. The maximum Gasteiger partial charge on any atom is 0.324 e.